The van der Waals surface area contributed by atoms with Gasteiger partial charge in [0.1, 0.15) is 33.0 Å². The molecule has 1 N–H and O–H groups in total. The highest BCUT2D eigenvalue weighted by Gasteiger charge is 2.21. The summed E-state index contributed by atoms with van der Waals surface area (Å²) in [6.07, 6.45) is 0. The first-order valence-corrected chi connectivity index (χ1v) is 16.3. The number of rotatable bonds is 23. The van der Waals surface area contributed by atoms with Crippen LogP contribution in [0.3, 0.4) is 0 Å². The number of hydrogen-bond donors (Lipinski definition) is 1. The van der Waals surface area contributed by atoms with Crippen molar-refractivity contribution in [2.24, 2.45) is 0 Å². The van der Waals surface area contributed by atoms with Gasteiger partial charge in [0.05, 0.1) is 86.7 Å². The van der Waals surface area contributed by atoms with Crippen molar-refractivity contribution < 1.29 is 76.5 Å². The van der Waals surface area contributed by atoms with Crippen LogP contribution in [0.4, 0.5) is 0 Å². The molecule has 0 aromatic heterocycles. The van der Waals surface area contributed by atoms with Gasteiger partial charge in [0.15, 0.2) is 0 Å². The highest BCUT2D eigenvalue weighted by molar-refractivity contribution is 6.04. The number of carbonyl (C=O) groups excluding carboxylic acids is 6. The minimum absolute atomic E-state index is 0.00649. The molecule has 0 unspecified atom stereocenters. The van der Waals surface area contributed by atoms with Gasteiger partial charge in [0.25, 0.3) is 0 Å². The third-order valence-electron chi connectivity index (χ3n) is 6.83. The molecule has 0 amide bonds. The number of hydrogen-bond acceptors (Lipinski definition) is 16. The van der Waals surface area contributed by atoms with Crippen LogP contribution in [0, 0.1) is 0 Å². The summed E-state index contributed by atoms with van der Waals surface area (Å²) in [5, 5.41) is 8.72. The van der Waals surface area contributed by atoms with E-state index in [2.05, 4.69) is 4.74 Å². The molecule has 16 nitrogen and oxygen atoms in total. The Morgan fingerprint density at radius 1 is 0.377 bits per heavy atom. The van der Waals surface area contributed by atoms with Crippen molar-refractivity contribution in [3.63, 3.8) is 0 Å². The molecule has 3 aromatic carbocycles. The zero-order chi connectivity index (χ0) is 38.3. The first kappa shape index (κ1) is 41.7. The van der Waals surface area contributed by atoms with Crippen molar-refractivity contribution in [3.05, 3.63) is 106 Å². The van der Waals surface area contributed by atoms with E-state index in [-0.39, 0.29) is 113 Å². The second-order valence-corrected chi connectivity index (χ2v) is 10.4. The van der Waals surface area contributed by atoms with Crippen molar-refractivity contribution >= 4 is 35.8 Å². The van der Waals surface area contributed by atoms with E-state index in [1.165, 1.54) is 43.5 Å². The zero-order valence-corrected chi connectivity index (χ0v) is 29.0. The highest BCUT2D eigenvalue weighted by Crippen LogP contribution is 2.14. The SMILES string of the molecule is COC(=O)c1ccccc1C(=O)OCCOCCOC(=O)c1ccccc1C(=O)OCCOCCOC(=O)c1ccccc1C(=O)OCCOCCO. The molecular formula is C37H40O16. The van der Waals surface area contributed by atoms with Gasteiger partial charge >= 0.3 is 35.8 Å². The average molecular weight is 741 g/mol. The number of benzene rings is 3. The van der Waals surface area contributed by atoms with Crippen molar-refractivity contribution in [2.45, 2.75) is 0 Å². The molecular weight excluding hydrogens is 700 g/mol. The van der Waals surface area contributed by atoms with E-state index in [0.717, 1.165) is 0 Å². The molecule has 0 aliphatic heterocycles. The summed E-state index contributed by atoms with van der Waals surface area (Å²) < 4.78 is 46.3. The summed E-state index contributed by atoms with van der Waals surface area (Å²) >= 11 is 0. The smallest absolute Gasteiger partial charge is 0.339 e. The number of aliphatic hydroxyl groups excluding tert-OH is 1. The Labute approximate surface area is 304 Å². The summed E-state index contributed by atoms with van der Waals surface area (Å²) in [5.41, 5.74) is 0.0952. The number of methoxy groups -OCH3 is 1. The fourth-order valence-electron chi connectivity index (χ4n) is 4.35. The maximum atomic E-state index is 12.7. The van der Waals surface area contributed by atoms with Crippen molar-refractivity contribution in [1.29, 1.82) is 0 Å². The van der Waals surface area contributed by atoms with E-state index in [9.17, 15) is 28.8 Å². The standard InChI is InChI=1S/C37H40O16/c1-45-32(39)26-8-2-3-9-27(26)33(40)50-22-17-47-18-23-52-36(43)30-12-6-7-13-31(30)37(44)53-25-20-48-19-24-51-35(42)29-11-5-4-10-28(29)34(41)49-21-16-46-15-14-38/h2-13,38H,14-25H2,1H3. The molecule has 0 aliphatic carbocycles. The molecule has 0 atom stereocenters. The van der Waals surface area contributed by atoms with Crippen LogP contribution in [0.1, 0.15) is 62.1 Å². The number of carbonyl (C=O) groups is 6. The summed E-state index contributed by atoms with van der Waals surface area (Å²) in [6, 6.07) is 18.0. The van der Waals surface area contributed by atoms with Crippen LogP contribution < -0.4 is 0 Å². The fourth-order valence-corrected chi connectivity index (χ4v) is 4.35. The Bertz CT molecular complexity index is 1670. The minimum atomic E-state index is -0.789. The average Bonchev–Trinajstić information content (AvgIpc) is 3.19. The lowest BCUT2D eigenvalue weighted by atomic mass is 10.1. The van der Waals surface area contributed by atoms with Crippen molar-refractivity contribution in [3.8, 4) is 0 Å². The van der Waals surface area contributed by atoms with E-state index in [1.54, 1.807) is 36.4 Å². The van der Waals surface area contributed by atoms with Gasteiger partial charge in [-0.05, 0) is 36.4 Å². The van der Waals surface area contributed by atoms with Gasteiger partial charge in [-0.15, -0.1) is 0 Å². The van der Waals surface area contributed by atoms with E-state index in [4.69, 9.17) is 43.0 Å². The molecule has 0 heterocycles. The summed E-state index contributed by atoms with van der Waals surface area (Å²) in [7, 11) is 1.20. The van der Waals surface area contributed by atoms with Gasteiger partial charge < -0.3 is 47.7 Å². The van der Waals surface area contributed by atoms with Crippen LogP contribution in [0.15, 0.2) is 72.8 Å². The number of aliphatic hydroxyl groups is 1. The first-order chi connectivity index (χ1) is 25.8. The molecule has 0 saturated carbocycles. The topological polar surface area (TPSA) is 206 Å². The predicted octanol–water partition coefficient (Wildman–Crippen LogP) is 2.70. The van der Waals surface area contributed by atoms with Crippen LogP contribution in [-0.2, 0) is 42.6 Å². The van der Waals surface area contributed by atoms with Gasteiger partial charge in [-0.25, -0.2) is 28.8 Å². The molecule has 0 aliphatic rings. The molecule has 16 heteroatoms. The predicted molar refractivity (Wildman–Crippen MR) is 182 cm³/mol. The van der Waals surface area contributed by atoms with Crippen LogP contribution >= 0.6 is 0 Å². The van der Waals surface area contributed by atoms with Gasteiger partial charge in [0.2, 0.25) is 0 Å². The Morgan fingerprint density at radius 2 is 0.604 bits per heavy atom. The van der Waals surface area contributed by atoms with Gasteiger partial charge in [-0.3, -0.25) is 0 Å². The lowest BCUT2D eigenvalue weighted by Crippen LogP contribution is -2.19. The van der Waals surface area contributed by atoms with Crippen LogP contribution in [0.25, 0.3) is 0 Å². The third kappa shape index (κ3) is 14.1. The monoisotopic (exact) mass is 740 g/mol. The number of esters is 6. The molecule has 0 spiro atoms. The Balaban J connectivity index is 1.31. The van der Waals surface area contributed by atoms with Crippen LogP contribution in [0.2, 0.25) is 0 Å². The largest absolute Gasteiger partial charge is 0.465 e. The first-order valence-electron chi connectivity index (χ1n) is 16.3. The Kier molecular flexibility index (Phi) is 18.7. The van der Waals surface area contributed by atoms with E-state index < -0.39 is 35.8 Å². The quantitative estimate of drug-likeness (QED) is 0.0843. The van der Waals surface area contributed by atoms with Crippen LogP contribution in [0.5, 0.6) is 0 Å². The third-order valence-corrected chi connectivity index (χ3v) is 6.83. The summed E-state index contributed by atoms with van der Waals surface area (Å²) in [6.45, 7) is -0.721. The fraction of sp³-hybridized carbons (Fsp3) is 0.351. The second-order valence-electron chi connectivity index (χ2n) is 10.4. The Hall–Kier alpha value is -5.68. The molecule has 53 heavy (non-hydrogen) atoms. The summed E-state index contributed by atoms with van der Waals surface area (Å²) in [5.74, 6) is -4.47. The molecule has 0 radical (unpaired) electrons. The van der Waals surface area contributed by atoms with Gasteiger partial charge in [-0.2, -0.15) is 0 Å². The number of ether oxygens (including phenoxy) is 9. The molecule has 3 aromatic rings. The van der Waals surface area contributed by atoms with E-state index in [1.807, 2.05) is 0 Å². The van der Waals surface area contributed by atoms with Crippen molar-refractivity contribution in [1.82, 2.24) is 0 Å². The van der Waals surface area contributed by atoms with Gasteiger partial charge in [-0.1, -0.05) is 36.4 Å². The molecule has 284 valence electrons. The maximum absolute atomic E-state index is 12.7. The van der Waals surface area contributed by atoms with Crippen molar-refractivity contribution in [2.75, 3.05) is 86.4 Å². The lowest BCUT2D eigenvalue weighted by Gasteiger charge is -2.11. The summed E-state index contributed by atoms with van der Waals surface area (Å²) in [4.78, 5) is 74.5. The second kappa shape index (κ2) is 23.7. The van der Waals surface area contributed by atoms with E-state index >= 15 is 0 Å². The highest BCUT2D eigenvalue weighted by atomic mass is 16.6. The van der Waals surface area contributed by atoms with E-state index in [0.29, 0.717) is 0 Å². The maximum Gasteiger partial charge on any atom is 0.339 e. The zero-order valence-electron chi connectivity index (χ0n) is 29.0. The normalized spacial score (nSPS) is 10.5. The van der Waals surface area contributed by atoms with Gasteiger partial charge in [0, 0.05) is 0 Å². The Morgan fingerprint density at radius 3 is 0.830 bits per heavy atom. The molecule has 0 saturated heterocycles. The van der Waals surface area contributed by atoms with Crippen LogP contribution in [-0.4, -0.2) is 127 Å². The minimum Gasteiger partial charge on any atom is -0.465 e. The molecule has 3 rings (SSSR count). The molecule has 0 fully saturated rings. The lowest BCUT2D eigenvalue weighted by molar-refractivity contribution is 0.0124. The molecule has 0 bridgehead atoms.